The molecule has 0 saturated heterocycles. The molecule has 0 amide bonds. The second kappa shape index (κ2) is 9.88. The first-order chi connectivity index (χ1) is 12.8. The fourth-order valence-electron chi connectivity index (χ4n) is 2.10. The summed E-state index contributed by atoms with van der Waals surface area (Å²) in [6, 6.07) is 7.54. The highest BCUT2D eigenvalue weighted by Gasteiger charge is 2.08. The highest BCUT2D eigenvalue weighted by molar-refractivity contribution is 14.1. The van der Waals surface area contributed by atoms with Crippen LogP contribution in [-0.2, 0) is 17.9 Å². The molecule has 0 bridgehead atoms. The van der Waals surface area contributed by atoms with Gasteiger partial charge in [0.15, 0.2) is 0 Å². The molecule has 2 heterocycles. The number of hydrogen-bond acceptors (Lipinski definition) is 8. The Kier molecular flexibility index (Phi) is 7.26. The van der Waals surface area contributed by atoms with Gasteiger partial charge in [-0.15, -0.1) is 15.3 Å². The number of halogens is 1. The lowest BCUT2D eigenvalue weighted by atomic mass is 10.2. The Morgan fingerprint density at radius 2 is 2.00 bits per heavy atom. The molecule has 10 heteroatoms. The standard InChI is InChI=1S/C16H18IN5O3S/c1-26-16-20-19-15(25-16)12-2-4-14(5-3-12)24-9-7-22-10-13(18-21-22)11-23-8-6-17/h2-5,10H,6-9,11H2,1H3. The van der Waals surface area contributed by atoms with Crippen LogP contribution in [-0.4, -0.2) is 49.1 Å². The van der Waals surface area contributed by atoms with Crippen molar-refractivity contribution in [2.75, 3.05) is 23.9 Å². The minimum absolute atomic E-state index is 0.485. The van der Waals surface area contributed by atoms with Crippen LogP contribution in [0.1, 0.15) is 5.69 Å². The Balaban J connectivity index is 1.46. The summed E-state index contributed by atoms with van der Waals surface area (Å²) in [5, 5.41) is 16.6. The van der Waals surface area contributed by atoms with Gasteiger partial charge in [0.25, 0.3) is 5.22 Å². The van der Waals surface area contributed by atoms with Crippen molar-refractivity contribution in [3.63, 3.8) is 0 Å². The largest absolute Gasteiger partial charge is 0.492 e. The Labute approximate surface area is 168 Å². The van der Waals surface area contributed by atoms with E-state index in [2.05, 4.69) is 43.1 Å². The van der Waals surface area contributed by atoms with Gasteiger partial charge < -0.3 is 13.9 Å². The maximum Gasteiger partial charge on any atom is 0.276 e. The first kappa shape index (κ1) is 19.1. The molecule has 0 saturated carbocycles. The average molecular weight is 487 g/mol. The molecule has 0 aliphatic carbocycles. The highest BCUT2D eigenvalue weighted by atomic mass is 127. The van der Waals surface area contributed by atoms with Crippen molar-refractivity contribution >= 4 is 34.4 Å². The molecule has 0 unspecified atom stereocenters. The highest BCUT2D eigenvalue weighted by Crippen LogP contribution is 2.23. The maximum atomic E-state index is 5.74. The van der Waals surface area contributed by atoms with E-state index in [1.165, 1.54) is 11.8 Å². The zero-order valence-electron chi connectivity index (χ0n) is 14.2. The first-order valence-electron chi connectivity index (χ1n) is 7.92. The molecule has 0 radical (unpaired) electrons. The number of nitrogens with zero attached hydrogens (tertiary/aromatic N) is 5. The zero-order chi connectivity index (χ0) is 18.2. The molecular formula is C16H18IN5O3S. The molecule has 26 heavy (non-hydrogen) atoms. The van der Waals surface area contributed by atoms with E-state index in [0.717, 1.165) is 21.4 Å². The summed E-state index contributed by atoms with van der Waals surface area (Å²) < 4.78 is 19.4. The van der Waals surface area contributed by atoms with Crippen molar-refractivity contribution in [3.8, 4) is 17.2 Å². The number of benzene rings is 1. The van der Waals surface area contributed by atoms with Gasteiger partial charge in [0.1, 0.15) is 18.1 Å². The zero-order valence-corrected chi connectivity index (χ0v) is 17.1. The summed E-state index contributed by atoms with van der Waals surface area (Å²) in [5.41, 5.74) is 1.68. The Morgan fingerprint density at radius 1 is 1.15 bits per heavy atom. The van der Waals surface area contributed by atoms with E-state index in [0.29, 0.717) is 37.5 Å². The summed E-state index contributed by atoms with van der Waals surface area (Å²) in [7, 11) is 0. The minimum atomic E-state index is 0.485. The lowest BCUT2D eigenvalue weighted by Gasteiger charge is -2.06. The third-order valence-corrected chi connectivity index (χ3v) is 4.28. The fraction of sp³-hybridized carbons (Fsp3) is 0.375. The summed E-state index contributed by atoms with van der Waals surface area (Å²) in [5.74, 6) is 1.27. The smallest absolute Gasteiger partial charge is 0.276 e. The SMILES string of the molecule is CSc1nnc(-c2ccc(OCCn3cc(COCCI)nn3)cc2)o1. The maximum absolute atomic E-state index is 5.74. The van der Waals surface area contributed by atoms with Crippen molar-refractivity contribution in [3.05, 3.63) is 36.2 Å². The van der Waals surface area contributed by atoms with E-state index in [4.69, 9.17) is 13.9 Å². The van der Waals surface area contributed by atoms with Crippen LogP contribution in [0, 0.1) is 0 Å². The molecule has 3 aromatic rings. The van der Waals surface area contributed by atoms with E-state index in [1.807, 2.05) is 36.7 Å². The molecule has 8 nitrogen and oxygen atoms in total. The summed E-state index contributed by atoms with van der Waals surface area (Å²) in [6.45, 7) is 2.31. The number of ether oxygens (including phenoxy) is 2. The molecule has 2 aromatic heterocycles. The molecule has 0 N–H and O–H groups in total. The third-order valence-electron chi connectivity index (χ3n) is 3.33. The van der Waals surface area contributed by atoms with Gasteiger partial charge in [-0.1, -0.05) is 39.6 Å². The quantitative estimate of drug-likeness (QED) is 0.187. The van der Waals surface area contributed by atoms with Gasteiger partial charge in [0, 0.05) is 9.99 Å². The van der Waals surface area contributed by atoms with Crippen molar-refractivity contribution < 1.29 is 13.9 Å². The van der Waals surface area contributed by atoms with Crippen LogP contribution < -0.4 is 4.74 Å². The molecule has 0 spiro atoms. The van der Waals surface area contributed by atoms with Gasteiger partial charge in [0.05, 0.1) is 26.0 Å². The Bertz CT molecular complexity index is 808. The fourth-order valence-corrected chi connectivity index (χ4v) is 2.70. The molecule has 0 fully saturated rings. The molecule has 138 valence electrons. The number of rotatable bonds is 10. The summed E-state index contributed by atoms with van der Waals surface area (Å²) in [6.07, 6.45) is 3.77. The molecule has 0 aliphatic rings. The van der Waals surface area contributed by atoms with Crippen LogP contribution in [0.5, 0.6) is 5.75 Å². The lowest BCUT2D eigenvalue weighted by Crippen LogP contribution is -2.08. The predicted octanol–water partition coefficient (Wildman–Crippen LogP) is 3.08. The van der Waals surface area contributed by atoms with E-state index in [-0.39, 0.29) is 0 Å². The van der Waals surface area contributed by atoms with Crippen LogP contribution in [0.25, 0.3) is 11.5 Å². The molecular weight excluding hydrogens is 469 g/mol. The molecule has 3 rings (SSSR count). The van der Waals surface area contributed by atoms with E-state index in [1.54, 1.807) is 4.68 Å². The normalized spacial score (nSPS) is 11.0. The van der Waals surface area contributed by atoms with Crippen LogP contribution in [0.4, 0.5) is 0 Å². The first-order valence-corrected chi connectivity index (χ1v) is 10.7. The van der Waals surface area contributed by atoms with Crippen molar-refractivity contribution in [1.82, 2.24) is 25.2 Å². The minimum Gasteiger partial charge on any atom is -0.492 e. The number of hydrogen-bond donors (Lipinski definition) is 0. The monoisotopic (exact) mass is 487 g/mol. The summed E-state index contributed by atoms with van der Waals surface area (Å²) in [4.78, 5) is 0. The number of alkyl halides is 1. The van der Waals surface area contributed by atoms with Crippen LogP contribution >= 0.6 is 34.4 Å². The average Bonchev–Trinajstić information content (AvgIpc) is 3.32. The molecule has 1 aromatic carbocycles. The Morgan fingerprint density at radius 3 is 2.73 bits per heavy atom. The third kappa shape index (κ3) is 5.42. The predicted molar refractivity (Wildman–Crippen MR) is 106 cm³/mol. The van der Waals surface area contributed by atoms with E-state index < -0.39 is 0 Å². The number of aromatic nitrogens is 5. The topological polar surface area (TPSA) is 88.1 Å². The van der Waals surface area contributed by atoms with Gasteiger partial charge in [-0.25, -0.2) is 4.68 Å². The number of thioether (sulfide) groups is 1. The van der Waals surface area contributed by atoms with Crippen molar-refractivity contribution in [1.29, 1.82) is 0 Å². The second-order valence-corrected chi connectivity index (χ2v) is 7.00. The van der Waals surface area contributed by atoms with Gasteiger partial charge in [-0.2, -0.15) is 0 Å². The van der Waals surface area contributed by atoms with Gasteiger partial charge in [0.2, 0.25) is 5.89 Å². The summed E-state index contributed by atoms with van der Waals surface area (Å²) >= 11 is 3.69. The second-order valence-electron chi connectivity index (χ2n) is 5.16. The van der Waals surface area contributed by atoms with Gasteiger partial charge in [-0.05, 0) is 30.5 Å². The van der Waals surface area contributed by atoms with Crippen LogP contribution in [0.2, 0.25) is 0 Å². The van der Waals surface area contributed by atoms with Crippen LogP contribution in [0.15, 0.2) is 40.1 Å². The van der Waals surface area contributed by atoms with Crippen molar-refractivity contribution in [2.24, 2.45) is 0 Å². The molecule has 0 atom stereocenters. The van der Waals surface area contributed by atoms with Crippen molar-refractivity contribution in [2.45, 2.75) is 18.4 Å². The van der Waals surface area contributed by atoms with E-state index >= 15 is 0 Å². The lowest BCUT2D eigenvalue weighted by molar-refractivity contribution is 0.135. The van der Waals surface area contributed by atoms with Crippen LogP contribution in [0.3, 0.4) is 0 Å². The van der Waals surface area contributed by atoms with E-state index in [9.17, 15) is 0 Å². The molecule has 0 aliphatic heterocycles. The van der Waals surface area contributed by atoms with Gasteiger partial charge in [-0.3, -0.25) is 0 Å². The Hall–Kier alpha value is -1.66. The van der Waals surface area contributed by atoms with Gasteiger partial charge >= 0.3 is 0 Å².